The van der Waals surface area contributed by atoms with Gasteiger partial charge in [-0.2, -0.15) is 0 Å². The molecule has 6 heteroatoms. The van der Waals surface area contributed by atoms with Crippen LogP contribution in [0, 0.1) is 0 Å². The first-order valence-electron chi connectivity index (χ1n) is 11.7. The Kier molecular flexibility index (Phi) is 7.20. The van der Waals surface area contributed by atoms with E-state index in [0.29, 0.717) is 17.9 Å². The zero-order valence-corrected chi connectivity index (χ0v) is 20.3. The summed E-state index contributed by atoms with van der Waals surface area (Å²) in [6.45, 7) is 2.88. The molecule has 1 saturated heterocycles. The molecule has 1 atom stereocenters. The predicted molar refractivity (Wildman–Crippen MR) is 137 cm³/mol. The minimum atomic E-state index is -0.706. The monoisotopic (exact) mass is 470 g/mol. The molecule has 0 bridgehead atoms. The molecule has 1 aliphatic rings. The Morgan fingerprint density at radius 3 is 2.20 bits per heavy atom. The number of ether oxygens (including phenoxy) is 1. The molecule has 4 rings (SSSR count). The van der Waals surface area contributed by atoms with E-state index >= 15 is 0 Å². The summed E-state index contributed by atoms with van der Waals surface area (Å²) in [7, 11) is 3.90. The minimum Gasteiger partial charge on any atom is -0.507 e. The Balaban J connectivity index is 1.78. The molecule has 180 valence electrons. The number of aliphatic hydroxyl groups is 1. The number of rotatable bonds is 8. The Morgan fingerprint density at radius 2 is 1.60 bits per heavy atom. The number of benzene rings is 3. The van der Waals surface area contributed by atoms with Crippen molar-refractivity contribution in [3.05, 3.63) is 101 Å². The number of Topliss-reactive ketones (excluding diaryl/α,β-unsaturated/α-hetero) is 1. The lowest BCUT2D eigenvalue weighted by Gasteiger charge is -2.26. The normalized spacial score (nSPS) is 17.0. The molecule has 0 aromatic heterocycles. The molecule has 1 unspecified atom stereocenters. The van der Waals surface area contributed by atoms with E-state index in [-0.39, 0.29) is 17.9 Å². The Bertz CT molecular complexity index is 1220. The van der Waals surface area contributed by atoms with Crippen LogP contribution in [0.3, 0.4) is 0 Å². The Labute approximate surface area is 206 Å². The third kappa shape index (κ3) is 5.06. The van der Waals surface area contributed by atoms with Crippen molar-refractivity contribution in [3.63, 3.8) is 0 Å². The smallest absolute Gasteiger partial charge is 0.295 e. The lowest BCUT2D eigenvalue weighted by molar-refractivity contribution is -0.140. The molecular formula is C29H30N2O4. The van der Waals surface area contributed by atoms with Gasteiger partial charge in [-0.3, -0.25) is 9.59 Å². The summed E-state index contributed by atoms with van der Waals surface area (Å²) in [6.07, 6.45) is 0.888. The number of hydrogen-bond donors (Lipinski definition) is 1. The number of likely N-dealkylation sites (tertiary alicyclic amines) is 1. The average Bonchev–Trinajstić information content (AvgIpc) is 3.13. The molecule has 1 N–H and O–H groups in total. The largest absolute Gasteiger partial charge is 0.507 e. The first-order chi connectivity index (χ1) is 16.9. The van der Waals surface area contributed by atoms with Crippen molar-refractivity contribution in [3.8, 4) is 5.75 Å². The van der Waals surface area contributed by atoms with Gasteiger partial charge in [0, 0.05) is 31.9 Å². The summed E-state index contributed by atoms with van der Waals surface area (Å²) >= 11 is 0. The third-order valence-corrected chi connectivity index (χ3v) is 6.06. The van der Waals surface area contributed by atoms with Crippen LogP contribution < -0.4 is 9.64 Å². The SMILES string of the molecule is CCCOc1ccc(/C(O)=C2\C(=O)C(=O)N(Cc3ccccc3)C2c2ccc(N(C)C)cc2)cc1. The molecule has 3 aromatic rings. The molecule has 0 aliphatic carbocycles. The quantitative estimate of drug-likeness (QED) is 0.280. The summed E-state index contributed by atoms with van der Waals surface area (Å²) in [5.74, 6) is -0.821. The Morgan fingerprint density at radius 1 is 0.943 bits per heavy atom. The maximum atomic E-state index is 13.2. The van der Waals surface area contributed by atoms with Gasteiger partial charge in [0.05, 0.1) is 18.2 Å². The fourth-order valence-corrected chi connectivity index (χ4v) is 4.21. The maximum absolute atomic E-state index is 13.2. The van der Waals surface area contributed by atoms with Crippen LogP contribution in [-0.2, 0) is 16.1 Å². The van der Waals surface area contributed by atoms with Gasteiger partial charge in [0.15, 0.2) is 0 Å². The predicted octanol–water partition coefficient (Wildman–Crippen LogP) is 5.16. The number of anilines is 1. The van der Waals surface area contributed by atoms with Crippen LogP contribution in [0.5, 0.6) is 5.75 Å². The van der Waals surface area contributed by atoms with Crippen molar-refractivity contribution < 1.29 is 19.4 Å². The van der Waals surface area contributed by atoms with Gasteiger partial charge >= 0.3 is 0 Å². The lowest BCUT2D eigenvalue weighted by atomic mass is 9.95. The van der Waals surface area contributed by atoms with Gasteiger partial charge in [0.25, 0.3) is 11.7 Å². The highest BCUT2D eigenvalue weighted by molar-refractivity contribution is 6.46. The number of aliphatic hydroxyl groups excluding tert-OH is 1. The second-order valence-corrected chi connectivity index (χ2v) is 8.77. The van der Waals surface area contributed by atoms with Crippen LogP contribution >= 0.6 is 0 Å². The van der Waals surface area contributed by atoms with E-state index in [4.69, 9.17) is 4.74 Å². The van der Waals surface area contributed by atoms with Crippen molar-refractivity contribution in [2.24, 2.45) is 0 Å². The van der Waals surface area contributed by atoms with Crippen molar-refractivity contribution >= 4 is 23.1 Å². The van der Waals surface area contributed by atoms with E-state index < -0.39 is 17.7 Å². The highest BCUT2D eigenvalue weighted by atomic mass is 16.5. The number of amides is 1. The van der Waals surface area contributed by atoms with Gasteiger partial charge < -0.3 is 19.6 Å². The number of ketones is 1. The van der Waals surface area contributed by atoms with E-state index in [1.54, 1.807) is 24.3 Å². The second kappa shape index (κ2) is 10.5. The molecule has 35 heavy (non-hydrogen) atoms. The molecule has 0 spiro atoms. The topological polar surface area (TPSA) is 70.1 Å². The fraction of sp³-hybridized carbons (Fsp3) is 0.241. The first-order valence-corrected chi connectivity index (χ1v) is 11.7. The summed E-state index contributed by atoms with van der Waals surface area (Å²) in [5, 5.41) is 11.3. The van der Waals surface area contributed by atoms with Gasteiger partial charge in [-0.15, -0.1) is 0 Å². The fourth-order valence-electron chi connectivity index (χ4n) is 4.21. The molecule has 6 nitrogen and oxygen atoms in total. The molecule has 1 fully saturated rings. The van der Waals surface area contributed by atoms with Crippen LogP contribution in [0.4, 0.5) is 5.69 Å². The van der Waals surface area contributed by atoms with Crippen LogP contribution in [-0.4, -0.2) is 42.4 Å². The Hall–Kier alpha value is -4.06. The standard InChI is InChI=1S/C29H30N2O4/c1-4-18-35-24-16-12-22(13-17-24)27(32)25-26(21-10-14-23(15-11-21)30(2)3)31(29(34)28(25)33)19-20-8-6-5-7-9-20/h5-17,26,32H,4,18-19H2,1-3H3/b27-25+. The average molecular weight is 471 g/mol. The van der Waals surface area contributed by atoms with Gasteiger partial charge in [-0.25, -0.2) is 0 Å². The highest BCUT2D eigenvalue weighted by Gasteiger charge is 2.46. The molecule has 3 aromatic carbocycles. The van der Waals surface area contributed by atoms with Crippen molar-refractivity contribution in [1.82, 2.24) is 4.90 Å². The lowest BCUT2D eigenvalue weighted by Crippen LogP contribution is -2.29. The third-order valence-electron chi connectivity index (χ3n) is 6.06. The molecule has 0 saturated carbocycles. The van der Waals surface area contributed by atoms with Crippen LogP contribution in [0.2, 0.25) is 0 Å². The highest BCUT2D eigenvalue weighted by Crippen LogP contribution is 2.40. The number of hydrogen-bond acceptors (Lipinski definition) is 5. The van der Waals surface area contributed by atoms with Crippen molar-refractivity contribution in [1.29, 1.82) is 0 Å². The van der Waals surface area contributed by atoms with Gasteiger partial charge in [0.2, 0.25) is 0 Å². The van der Waals surface area contributed by atoms with E-state index in [9.17, 15) is 14.7 Å². The van der Waals surface area contributed by atoms with E-state index in [2.05, 4.69) is 0 Å². The number of nitrogens with zero attached hydrogens (tertiary/aromatic N) is 2. The summed E-state index contributed by atoms with van der Waals surface area (Å²) in [5.41, 5.74) is 3.21. The maximum Gasteiger partial charge on any atom is 0.295 e. The van der Waals surface area contributed by atoms with Crippen LogP contribution in [0.15, 0.2) is 84.4 Å². The zero-order valence-electron chi connectivity index (χ0n) is 20.3. The van der Waals surface area contributed by atoms with Gasteiger partial charge in [-0.05, 0) is 53.9 Å². The van der Waals surface area contributed by atoms with E-state index in [1.165, 1.54) is 4.90 Å². The van der Waals surface area contributed by atoms with E-state index in [1.807, 2.05) is 80.5 Å². The van der Waals surface area contributed by atoms with E-state index in [0.717, 1.165) is 23.2 Å². The van der Waals surface area contributed by atoms with Gasteiger partial charge in [0.1, 0.15) is 11.5 Å². The summed E-state index contributed by atoms with van der Waals surface area (Å²) < 4.78 is 5.63. The zero-order chi connectivity index (χ0) is 24.9. The molecule has 1 aliphatic heterocycles. The summed E-state index contributed by atoms with van der Waals surface area (Å²) in [4.78, 5) is 29.9. The van der Waals surface area contributed by atoms with Crippen molar-refractivity contribution in [2.45, 2.75) is 25.9 Å². The molecule has 0 radical (unpaired) electrons. The summed E-state index contributed by atoms with van der Waals surface area (Å²) in [6, 6.07) is 23.4. The van der Waals surface area contributed by atoms with Crippen LogP contribution in [0.1, 0.15) is 36.1 Å². The first kappa shape index (κ1) is 24.1. The number of carbonyl (C=O) groups excluding carboxylic acids is 2. The molecule has 1 amide bonds. The van der Waals surface area contributed by atoms with Crippen LogP contribution in [0.25, 0.3) is 5.76 Å². The minimum absolute atomic E-state index is 0.0887. The number of carbonyl (C=O) groups is 2. The van der Waals surface area contributed by atoms with Gasteiger partial charge in [-0.1, -0.05) is 49.4 Å². The molecule has 1 heterocycles. The second-order valence-electron chi connectivity index (χ2n) is 8.77. The van der Waals surface area contributed by atoms with Crippen molar-refractivity contribution in [2.75, 3.05) is 25.6 Å². The molecular weight excluding hydrogens is 440 g/mol.